The number of benzene rings is 1. The third-order valence-electron chi connectivity index (χ3n) is 3.35. The van der Waals surface area contributed by atoms with Crippen LogP contribution in [-0.2, 0) is 15.5 Å². The lowest BCUT2D eigenvalue weighted by molar-refractivity contribution is -0.00148. The summed E-state index contributed by atoms with van der Waals surface area (Å²) < 4.78 is 20.8. The van der Waals surface area contributed by atoms with Crippen molar-refractivity contribution in [1.82, 2.24) is 0 Å². The molecule has 126 valence electrons. The van der Waals surface area contributed by atoms with Crippen LogP contribution in [0.25, 0.3) is 0 Å². The molecule has 6 heteroatoms. The molecule has 2 N–H and O–H groups in total. The first kappa shape index (κ1) is 19.2. The van der Waals surface area contributed by atoms with Gasteiger partial charge >= 0.3 is 7.82 Å². The van der Waals surface area contributed by atoms with Crippen molar-refractivity contribution in [3.8, 4) is 5.75 Å². The maximum absolute atomic E-state index is 10.8. The second-order valence-electron chi connectivity index (χ2n) is 5.41. The largest absolute Gasteiger partial charge is 0.472 e. The number of phosphoric ester groups is 1. The summed E-state index contributed by atoms with van der Waals surface area (Å²) in [4.78, 5) is 17.6. The number of aryl methyl sites for hydroxylation is 1. The van der Waals surface area contributed by atoms with E-state index in [-0.39, 0.29) is 0 Å². The van der Waals surface area contributed by atoms with Gasteiger partial charge in [0.05, 0.1) is 0 Å². The maximum Gasteiger partial charge on any atom is 0.472 e. The molecule has 1 aromatic rings. The minimum Gasteiger partial charge on any atom is -0.464 e. The molecule has 0 heterocycles. The van der Waals surface area contributed by atoms with E-state index in [4.69, 9.17) is 14.5 Å². The third-order valence-corrected chi connectivity index (χ3v) is 3.92. The zero-order chi connectivity index (χ0) is 16.4. The zero-order valence-electron chi connectivity index (χ0n) is 13.4. The number of para-hydroxylation sites is 1. The average Bonchev–Trinajstić information content (AvgIpc) is 2.42. The Morgan fingerprint density at radius 2 is 1.73 bits per heavy atom. The van der Waals surface area contributed by atoms with Crippen molar-refractivity contribution in [1.29, 1.82) is 0 Å². The molecule has 1 aromatic carbocycles. The molecule has 1 atom stereocenters. The molecular weight excluding hydrogens is 303 g/mol. The van der Waals surface area contributed by atoms with Crippen molar-refractivity contribution < 1.29 is 23.6 Å². The van der Waals surface area contributed by atoms with Crippen LogP contribution in [-0.4, -0.2) is 16.1 Å². The van der Waals surface area contributed by atoms with E-state index >= 15 is 0 Å². The first-order valence-electron chi connectivity index (χ1n) is 7.91. The minimum atomic E-state index is -4.54. The molecule has 5 nitrogen and oxygen atoms in total. The summed E-state index contributed by atoms with van der Waals surface area (Å²) in [7, 11) is -4.54. The molecule has 0 aromatic heterocycles. The normalized spacial score (nSPS) is 13.1. The molecule has 0 saturated heterocycles. The van der Waals surface area contributed by atoms with Crippen molar-refractivity contribution in [2.45, 2.75) is 65.1 Å². The molecular formula is C16H27O5P. The van der Waals surface area contributed by atoms with Crippen LogP contribution >= 0.6 is 7.82 Å². The van der Waals surface area contributed by atoms with E-state index in [1.54, 1.807) is 6.07 Å². The van der Waals surface area contributed by atoms with Crippen LogP contribution in [0.4, 0.5) is 0 Å². The highest BCUT2D eigenvalue weighted by atomic mass is 31.2. The number of unbranched alkanes of at least 4 members (excludes halogenated alkanes) is 5. The second-order valence-corrected chi connectivity index (χ2v) is 6.60. The van der Waals surface area contributed by atoms with Gasteiger partial charge in [-0.25, -0.2) is 9.09 Å². The SMILES string of the molecule is CCCCCCCCc1ccccc1OC(C)OP(=O)(O)O. The van der Waals surface area contributed by atoms with Crippen molar-refractivity contribution in [2.24, 2.45) is 0 Å². The molecule has 0 spiro atoms. The number of hydrogen-bond acceptors (Lipinski definition) is 3. The van der Waals surface area contributed by atoms with Gasteiger partial charge in [0.1, 0.15) is 5.75 Å². The summed E-state index contributed by atoms with van der Waals surface area (Å²) in [5.74, 6) is 0.622. The molecule has 22 heavy (non-hydrogen) atoms. The molecule has 0 bridgehead atoms. The number of ether oxygens (including phenoxy) is 1. The Labute approximate surface area is 132 Å². The topological polar surface area (TPSA) is 76.0 Å². The van der Waals surface area contributed by atoms with Crippen LogP contribution in [0, 0.1) is 0 Å². The Kier molecular flexibility index (Phi) is 8.72. The highest BCUT2D eigenvalue weighted by molar-refractivity contribution is 7.46. The highest BCUT2D eigenvalue weighted by Crippen LogP contribution is 2.38. The summed E-state index contributed by atoms with van der Waals surface area (Å²) >= 11 is 0. The zero-order valence-corrected chi connectivity index (χ0v) is 14.3. The molecule has 1 unspecified atom stereocenters. The second kappa shape index (κ2) is 10.0. The Morgan fingerprint density at radius 1 is 1.09 bits per heavy atom. The standard InChI is InChI=1S/C16H27O5P/c1-3-4-5-6-7-8-11-15-12-9-10-13-16(15)20-14(2)21-22(17,18)19/h9-10,12-14H,3-8,11H2,1-2H3,(H2,17,18,19). The van der Waals surface area contributed by atoms with Gasteiger partial charge in [0, 0.05) is 0 Å². The molecule has 0 fully saturated rings. The van der Waals surface area contributed by atoms with Gasteiger partial charge in [0.25, 0.3) is 0 Å². The van der Waals surface area contributed by atoms with Crippen LogP contribution in [0.1, 0.15) is 57.9 Å². The molecule has 0 saturated carbocycles. The monoisotopic (exact) mass is 330 g/mol. The number of hydrogen-bond donors (Lipinski definition) is 2. The summed E-state index contributed by atoms with van der Waals surface area (Å²) in [6, 6.07) is 7.55. The molecule has 0 aliphatic heterocycles. The van der Waals surface area contributed by atoms with E-state index in [0.717, 1.165) is 18.4 Å². The summed E-state index contributed by atoms with van der Waals surface area (Å²) in [5.41, 5.74) is 1.04. The molecule has 0 aliphatic carbocycles. The van der Waals surface area contributed by atoms with Gasteiger partial charge in [0.2, 0.25) is 6.29 Å². The Morgan fingerprint density at radius 3 is 2.41 bits per heavy atom. The number of phosphoric acid groups is 1. The van der Waals surface area contributed by atoms with Crippen LogP contribution in [0.15, 0.2) is 24.3 Å². The van der Waals surface area contributed by atoms with Crippen LogP contribution in [0.3, 0.4) is 0 Å². The first-order chi connectivity index (χ1) is 10.4. The van der Waals surface area contributed by atoms with Gasteiger partial charge in [-0.05, 0) is 31.4 Å². The van der Waals surface area contributed by atoms with Gasteiger partial charge in [-0.3, -0.25) is 0 Å². The minimum absolute atomic E-state index is 0.622. The van der Waals surface area contributed by atoms with E-state index < -0.39 is 14.1 Å². The number of rotatable bonds is 11. The molecule has 1 rings (SSSR count). The molecule has 0 amide bonds. The summed E-state index contributed by atoms with van der Waals surface area (Å²) in [6.45, 7) is 3.68. The van der Waals surface area contributed by atoms with Crippen LogP contribution in [0.5, 0.6) is 5.75 Å². The third kappa shape index (κ3) is 8.54. The lowest BCUT2D eigenvalue weighted by Crippen LogP contribution is -2.15. The van der Waals surface area contributed by atoms with Crippen molar-refractivity contribution >= 4 is 7.82 Å². The Hall–Kier alpha value is -0.870. The summed E-state index contributed by atoms with van der Waals surface area (Å²) in [5, 5.41) is 0. The molecule has 0 aliphatic rings. The lowest BCUT2D eigenvalue weighted by Gasteiger charge is -2.18. The van der Waals surface area contributed by atoms with E-state index in [2.05, 4.69) is 11.4 Å². The van der Waals surface area contributed by atoms with Crippen molar-refractivity contribution in [2.75, 3.05) is 0 Å². The lowest BCUT2D eigenvalue weighted by atomic mass is 10.0. The van der Waals surface area contributed by atoms with Crippen LogP contribution < -0.4 is 4.74 Å². The maximum atomic E-state index is 10.8. The summed E-state index contributed by atoms with van der Waals surface area (Å²) in [6.07, 6.45) is 7.22. The quantitative estimate of drug-likeness (QED) is 0.357. The molecule has 0 radical (unpaired) electrons. The fourth-order valence-electron chi connectivity index (χ4n) is 2.31. The van der Waals surface area contributed by atoms with Crippen molar-refractivity contribution in [3.05, 3.63) is 29.8 Å². The van der Waals surface area contributed by atoms with E-state index in [1.807, 2.05) is 18.2 Å². The highest BCUT2D eigenvalue weighted by Gasteiger charge is 2.20. The predicted molar refractivity (Wildman–Crippen MR) is 86.7 cm³/mol. The Bertz CT molecular complexity index is 471. The first-order valence-corrected chi connectivity index (χ1v) is 9.44. The van der Waals surface area contributed by atoms with Crippen LogP contribution in [0.2, 0.25) is 0 Å². The van der Waals surface area contributed by atoms with E-state index in [0.29, 0.717) is 5.75 Å². The van der Waals surface area contributed by atoms with Gasteiger partial charge < -0.3 is 14.5 Å². The Balaban J connectivity index is 2.46. The fourth-order valence-corrected chi connectivity index (χ4v) is 2.74. The van der Waals surface area contributed by atoms with Crippen molar-refractivity contribution in [3.63, 3.8) is 0 Å². The fraction of sp³-hybridized carbons (Fsp3) is 0.625. The smallest absolute Gasteiger partial charge is 0.464 e. The van der Waals surface area contributed by atoms with Gasteiger partial charge in [-0.2, -0.15) is 0 Å². The van der Waals surface area contributed by atoms with Gasteiger partial charge in [0.15, 0.2) is 0 Å². The van der Waals surface area contributed by atoms with E-state index in [9.17, 15) is 4.57 Å². The average molecular weight is 330 g/mol. The van der Waals surface area contributed by atoms with Gasteiger partial charge in [-0.15, -0.1) is 0 Å². The van der Waals surface area contributed by atoms with E-state index in [1.165, 1.54) is 39.0 Å². The van der Waals surface area contributed by atoms with Gasteiger partial charge in [-0.1, -0.05) is 57.2 Å². The predicted octanol–water partition coefficient (Wildman–Crippen LogP) is 4.42.